The van der Waals surface area contributed by atoms with Gasteiger partial charge < -0.3 is 0 Å². The summed E-state index contributed by atoms with van der Waals surface area (Å²) in [6.07, 6.45) is 4.93. The van der Waals surface area contributed by atoms with Gasteiger partial charge in [0, 0.05) is 38.1 Å². The Labute approximate surface area is 177 Å². The molecule has 4 heteroatoms. The molecule has 0 spiro atoms. The molecule has 4 aromatic rings. The number of benzene rings is 3. The summed E-state index contributed by atoms with van der Waals surface area (Å²) in [5.74, 6) is 0. The monoisotopic (exact) mass is 394 g/mol. The second-order valence-electron chi connectivity index (χ2n) is 8.15. The van der Waals surface area contributed by atoms with E-state index in [2.05, 4.69) is 87.0 Å². The number of hydrogen-bond acceptors (Lipinski definition) is 3. The quantitative estimate of drug-likeness (QED) is 0.455. The summed E-state index contributed by atoms with van der Waals surface area (Å²) in [5.41, 5.74) is 8.73. The molecular weight excluding hydrogens is 368 g/mol. The average Bonchev–Trinajstić information content (AvgIpc) is 3.19. The fourth-order valence-corrected chi connectivity index (χ4v) is 4.46. The maximum atomic E-state index is 4.54. The molecule has 5 rings (SSSR count). The second-order valence-corrected chi connectivity index (χ2v) is 8.15. The van der Waals surface area contributed by atoms with E-state index in [1.54, 1.807) is 0 Å². The van der Waals surface area contributed by atoms with Gasteiger partial charge in [0.1, 0.15) is 6.33 Å². The zero-order valence-electron chi connectivity index (χ0n) is 17.5. The molecule has 0 N–H and O–H groups in total. The number of nitrogens with zero attached hydrogens (tertiary/aromatic N) is 4. The Bertz CT molecular complexity index is 1220. The standard InChI is InChI=1S/C26H26N4/c1-19-12-23-13-20(15-27-2)10-11-22(23)17-29(19)16-21-6-5-7-24(14-21)30-18-28-25-8-3-4-9-26(25)30/h3-11,13-15,18-19H,12,16-17H2,1-2H3. The maximum Gasteiger partial charge on any atom is 0.100 e. The molecule has 0 saturated carbocycles. The van der Waals surface area contributed by atoms with Crippen LogP contribution in [0.15, 0.2) is 78.0 Å². The predicted octanol–water partition coefficient (Wildman–Crippen LogP) is 5.02. The van der Waals surface area contributed by atoms with Gasteiger partial charge in [0.15, 0.2) is 0 Å². The lowest BCUT2D eigenvalue weighted by Gasteiger charge is -2.35. The highest BCUT2D eigenvalue weighted by molar-refractivity contribution is 5.80. The van der Waals surface area contributed by atoms with Crippen LogP contribution in [0.25, 0.3) is 16.7 Å². The highest BCUT2D eigenvalue weighted by Gasteiger charge is 2.23. The van der Waals surface area contributed by atoms with Crippen LogP contribution in [-0.4, -0.2) is 33.8 Å². The van der Waals surface area contributed by atoms with E-state index >= 15 is 0 Å². The number of aliphatic imine (C=N–C) groups is 1. The molecule has 1 unspecified atom stereocenters. The van der Waals surface area contributed by atoms with E-state index in [9.17, 15) is 0 Å². The number of rotatable bonds is 4. The molecule has 4 nitrogen and oxygen atoms in total. The van der Waals surface area contributed by atoms with E-state index in [-0.39, 0.29) is 0 Å². The van der Waals surface area contributed by atoms with Gasteiger partial charge in [-0.05, 0) is 65.9 Å². The third-order valence-electron chi connectivity index (χ3n) is 6.05. The van der Waals surface area contributed by atoms with Crippen molar-refractivity contribution in [1.29, 1.82) is 0 Å². The van der Waals surface area contributed by atoms with Gasteiger partial charge in [-0.1, -0.05) is 36.4 Å². The molecule has 0 amide bonds. The summed E-state index contributed by atoms with van der Waals surface area (Å²) in [6, 6.07) is 24.3. The van der Waals surface area contributed by atoms with Crippen LogP contribution in [0.5, 0.6) is 0 Å². The van der Waals surface area contributed by atoms with E-state index in [1.807, 2.05) is 25.7 Å². The topological polar surface area (TPSA) is 33.4 Å². The second kappa shape index (κ2) is 7.88. The SMILES string of the molecule is CN=Cc1ccc2c(c1)CC(C)N(Cc1cccc(-n3cnc4ccccc43)c1)C2. The van der Waals surface area contributed by atoms with Crippen molar-refractivity contribution in [3.05, 3.63) is 95.3 Å². The fourth-order valence-electron chi connectivity index (χ4n) is 4.46. The van der Waals surface area contributed by atoms with Gasteiger partial charge in [-0.3, -0.25) is 14.5 Å². The molecule has 0 radical (unpaired) electrons. The van der Waals surface area contributed by atoms with Gasteiger partial charge >= 0.3 is 0 Å². The minimum atomic E-state index is 0.504. The normalized spacial score (nSPS) is 16.9. The Kier molecular flexibility index (Phi) is 4.93. The summed E-state index contributed by atoms with van der Waals surface area (Å²) in [7, 11) is 1.82. The first-order valence-corrected chi connectivity index (χ1v) is 10.5. The Balaban J connectivity index is 1.39. The third-order valence-corrected chi connectivity index (χ3v) is 6.05. The lowest BCUT2D eigenvalue weighted by molar-refractivity contribution is 0.175. The Morgan fingerprint density at radius 2 is 1.93 bits per heavy atom. The van der Waals surface area contributed by atoms with Crippen molar-refractivity contribution < 1.29 is 0 Å². The summed E-state index contributed by atoms with van der Waals surface area (Å²) >= 11 is 0. The number of para-hydroxylation sites is 2. The highest BCUT2D eigenvalue weighted by Crippen LogP contribution is 2.26. The van der Waals surface area contributed by atoms with Crippen molar-refractivity contribution in [2.45, 2.75) is 32.5 Å². The number of aromatic nitrogens is 2. The Morgan fingerprint density at radius 3 is 2.83 bits per heavy atom. The van der Waals surface area contributed by atoms with Crippen LogP contribution in [0, 0.1) is 0 Å². The van der Waals surface area contributed by atoms with E-state index in [0.717, 1.165) is 36.2 Å². The van der Waals surface area contributed by atoms with Gasteiger partial charge in [-0.15, -0.1) is 0 Å². The Morgan fingerprint density at radius 1 is 1.03 bits per heavy atom. The molecule has 0 fully saturated rings. The minimum absolute atomic E-state index is 0.504. The molecule has 1 atom stereocenters. The minimum Gasteiger partial charge on any atom is -0.299 e. The summed E-state index contributed by atoms with van der Waals surface area (Å²) < 4.78 is 2.17. The van der Waals surface area contributed by atoms with Crippen LogP contribution in [0.2, 0.25) is 0 Å². The van der Waals surface area contributed by atoms with Crippen LogP contribution in [-0.2, 0) is 19.5 Å². The zero-order valence-corrected chi connectivity index (χ0v) is 17.5. The molecule has 1 aliphatic rings. The summed E-state index contributed by atoms with van der Waals surface area (Å²) in [5, 5.41) is 0. The molecule has 150 valence electrons. The highest BCUT2D eigenvalue weighted by atomic mass is 15.2. The van der Waals surface area contributed by atoms with Crippen LogP contribution < -0.4 is 0 Å². The smallest absolute Gasteiger partial charge is 0.100 e. The van der Waals surface area contributed by atoms with E-state index in [0.29, 0.717) is 6.04 Å². The lowest BCUT2D eigenvalue weighted by atomic mass is 9.93. The predicted molar refractivity (Wildman–Crippen MR) is 123 cm³/mol. The van der Waals surface area contributed by atoms with Gasteiger partial charge in [0.05, 0.1) is 11.0 Å². The zero-order chi connectivity index (χ0) is 20.5. The first-order chi connectivity index (χ1) is 14.7. The first-order valence-electron chi connectivity index (χ1n) is 10.5. The van der Waals surface area contributed by atoms with Crippen molar-refractivity contribution >= 4 is 17.2 Å². The van der Waals surface area contributed by atoms with Crippen molar-refractivity contribution in [2.24, 2.45) is 4.99 Å². The first kappa shape index (κ1) is 18.8. The van der Waals surface area contributed by atoms with E-state index < -0.39 is 0 Å². The molecule has 30 heavy (non-hydrogen) atoms. The molecule has 1 aliphatic heterocycles. The molecule has 1 aromatic heterocycles. The van der Waals surface area contributed by atoms with E-state index in [4.69, 9.17) is 0 Å². The maximum absolute atomic E-state index is 4.54. The Hall–Kier alpha value is -3.24. The summed E-state index contributed by atoms with van der Waals surface area (Å²) in [4.78, 5) is 11.3. The largest absolute Gasteiger partial charge is 0.299 e. The molecule has 2 heterocycles. The molecule has 0 saturated heterocycles. The van der Waals surface area contributed by atoms with Crippen molar-refractivity contribution in [2.75, 3.05) is 7.05 Å². The molecule has 3 aromatic carbocycles. The van der Waals surface area contributed by atoms with Crippen LogP contribution in [0.3, 0.4) is 0 Å². The number of fused-ring (bicyclic) bond motifs is 2. The van der Waals surface area contributed by atoms with Crippen LogP contribution in [0.1, 0.15) is 29.2 Å². The van der Waals surface area contributed by atoms with Gasteiger partial charge in [0.25, 0.3) is 0 Å². The van der Waals surface area contributed by atoms with Crippen LogP contribution >= 0.6 is 0 Å². The molecule has 0 bridgehead atoms. The third kappa shape index (κ3) is 3.55. The summed E-state index contributed by atoms with van der Waals surface area (Å²) in [6.45, 7) is 4.26. The van der Waals surface area contributed by atoms with Gasteiger partial charge in [-0.25, -0.2) is 4.98 Å². The van der Waals surface area contributed by atoms with Crippen LogP contribution in [0.4, 0.5) is 0 Å². The molecule has 0 aliphatic carbocycles. The lowest BCUT2D eigenvalue weighted by Crippen LogP contribution is -2.37. The number of hydrogen-bond donors (Lipinski definition) is 0. The van der Waals surface area contributed by atoms with Crippen molar-refractivity contribution in [1.82, 2.24) is 14.5 Å². The average molecular weight is 395 g/mol. The van der Waals surface area contributed by atoms with Crippen molar-refractivity contribution in [3.63, 3.8) is 0 Å². The van der Waals surface area contributed by atoms with Crippen molar-refractivity contribution in [3.8, 4) is 5.69 Å². The van der Waals surface area contributed by atoms with Gasteiger partial charge in [0.2, 0.25) is 0 Å². The molecular formula is C26H26N4. The fraction of sp³-hybridized carbons (Fsp3) is 0.231. The number of imidazole rings is 1. The van der Waals surface area contributed by atoms with Gasteiger partial charge in [-0.2, -0.15) is 0 Å². The van der Waals surface area contributed by atoms with E-state index in [1.165, 1.54) is 22.3 Å².